The van der Waals surface area contributed by atoms with E-state index in [4.69, 9.17) is 0 Å². The topological polar surface area (TPSA) is 63.2 Å². The summed E-state index contributed by atoms with van der Waals surface area (Å²) in [6.45, 7) is 0. The van der Waals surface area contributed by atoms with Crippen LogP contribution in [0.1, 0.15) is 19.3 Å². The lowest BCUT2D eigenvalue weighted by molar-refractivity contribution is -0.134. The van der Waals surface area contributed by atoms with Crippen molar-refractivity contribution in [3.63, 3.8) is 0 Å². The van der Waals surface area contributed by atoms with Gasteiger partial charge >= 0.3 is 0 Å². The second-order valence-electron chi connectivity index (χ2n) is 2.65. The summed E-state index contributed by atoms with van der Waals surface area (Å²) < 4.78 is 0. The lowest BCUT2D eigenvalue weighted by Crippen LogP contribution is -2.38. The maximum Gasteiger partial charge on any atom is 0.226 e. The first-order valence-electron chi connectivity index (χ1n) is 3.48. The number of carbonyl (C=O) groups is 3. The van der Waals surface area contributed by atoms with Crippen LogP contribution in [0.2, 0.25) is 0 Å². The van der Waals surface area contributed by atoms with Crippen LogP contribution in [-0.4, -0.2) is 18.1 Å². The van der Waals surface area contributed by atoms with Gasteiger partial charge in [0, 0.05) is 19.3 Å². The highest BCUT2D eigenvalue weighted by Crippen LogP contribution is 2.15. The molecular formula is C7H9NO3. The van der Waals surface area contributed by atoms with Gasteiger partial charge in [0.1, 0.15) is 6.29 Å². The number of imide groups is 1. The van der Waals surface area contributed by atoms with Gasteiger partial charge in [0.15, 0.2) is 0 Å². The fourth-order valence-corrected chi connectivity index (χ4v) is 1.16. The third kappa shape index (κ3) is 2.14. The van der Waals surface area contributed by atoms with Gasteiger partial charge in [-0.3, -0.25) is 14.9 Å². The molecule has 4 nitrogen and oxygen atoms in total. The van der Waals surface area contributed by atoms with Crippen LogP contribution < -0.4 is 5.32 Å². The first-order chi connectivity index (χ1) is 5.22. The van der Waals surface area contributed by atoms with Crippen molar-refractivity contribution >= 4 is 18.1 Å². The summed E-state index contributed by atoms with van der Waals surface area (Å²) in [5, 5.41) is 2.17. The standard InChI is InChI=1S/C7H9NO3/c9-2-1-5-3-6(10)8-7(11)4-5/h2,5H,1,3-4H2,(H,8,10,11). The lowest BCUT2D eigenvalue weighted by Gasteiger charge is -2.17. The largest absolute Gasteiger partial charge is 0.303 e. The summed E-state index contributed by atoms with van der Waals surface area (Å²) in [6, 6.07) is 0. The predicted octanol–water partition coefficient (Wildman–Crippen LogP) is -0.372. The van der Waals surface area contributed by atoms with E-state index in [0.29, 0.717) is 19.3 Å². The molecule has 1 rings (SSSR count). The minimum atomic E-state index is -0.270. The summed E-state index contributed by atoms with van der Waals surface area (Å²) >= 11 is 0. The summed E-state index contributed by atoms with van der Waals surface area (Å²) in [6.07, 6.45) is 1.64. The van der Waals surface area contributed by atoms with Crippen molar-refractivity contribution in [3.05, 3.63) is 0 Å². The molecule has 60 valence electrons. The van der Waals surface area contributed by atoms with Crippen LogP contribution in [0.4, 0.5) is 0 Å². The van der Waals surface area contributed by atoms with Gasteiger partial charge in [-0.15, -0.1) is 0 Å². The molecule has 0 spiro atoms. The van der Waals surface area contributed by atoms with Gasteiger partial charge in [0.05, 0.1) is 0 Å². The van der Waals surface area contributed by atoms with Gasteiger partial charge in [-0.05, 0) is 5.92 Å². The number of hydrogen-bond acceptors (Lipinski definition) is 3. The van der Waals surface area contributed by atoms with Gasteiger partial charge in [-0.25, -0.2) is 0 Å². The molecule has 1 fully saturated rings. The lowest BCUT2D eigenvalue weighted by atomic mass is 9.94. The van der Waals surface area contributed by atoms with Crippen molar-refractivity contribution in [2.24, 2.45) is 5.92 Å². The van der Waals surface area contributed by atoms with Crippen molar-refractivity contribution in [2.45, 2.75) is 19.3 Å². The molecule has 11 heavy (non-hydrogen) atoms. The van der Waals surface area contributed by atoms with Gasteiger partial charge in [-0.2, -0.15) is 0 Å². The first kappa shape index (κ1) is 7.91. The molecule has 0 aromatic heterocycles. The fraction of sp³-hybridized carbons (Fsp3) is 0.571. The number of nitrogens with one attached hydrogen (secondary N) is 1. The molecule has 0 aromatic carbocycles. The van der Waals surface area contributed by atoms with Crippen LogP contribution in [0.25, 0.3) is 0 Å². The Labute approximate surface area is 64.0 Å². The summed E-state index contributed by atoms with van der Waals surface area (Å²) in [5.41, 5.74) is 0. The Hall–Kier alpha value is -1.19. The number of hydrogen-bond donors (Lipinski definition) is 1. The minimum absolute atomic E-state index is 0.0752. The van der Waals surface area contributed by atoms with Crippen LogP contribution >= 0.6 is 0 Å². The van der Waals surface area contributed by atoms with Crippen LogP contribution in [0.15, 0.2) is 0 Å². The second-order valence-corrected chi connectivity index (χ2v) is 2.65. The Kier molecular flexibility index (Phi) is 2.36. The highest BCUT2D eigenvalue weighted by Gasteiger charge is 2.23. The van der Waals surface area contributed by atoms with Crippen molar-refractivity contribution in [3.8, 4) is 0 Å². The quantitative estimate of drug-likeness (QED) is 0.437. The Morgan fingerprint density at radius 3 is 2.36 bits per heavy atom. The van der Waals surface area contributed by atoms with E-state index in [2.05, 4.69) is 5.32 Å². The first-order valence-corrected chi connectivity index (χ1v) is 3.48. The number of aldehydes is 1. The molecule has 0 radical (unpaired) electrons. The normalized spacial score (nSPS) is 19.6. The molecule has 0 atom stereocenters. The molecule has 1 aliphatic heterocycles. The van der Waals surface area contributed by atoms with E-state index in [1.54, 1.807) is 0 Å². The zero-order valence-corrected chi connectivity index (χ0v) is 6.00. The Balaban J connectivity index is 2.49. The molecule has 4 heteroatoms. The average molecular weight is 155 g/mol. The van der Waals surface area contributed by atoms with Gasteiger partial charge in [0.25, 0.3) is 0 Å². The molecule has 2 amide bonds. The van der Waals surface area contributed by atoms with Crippen LogP contribution in [-0.2, 0) is 14.4 Å². The Morgan fingerprint density at radius 2 is 1.91 bits per heavy atom. The third-order valence-electron chi connectivity index (χ3n) is 1.66. The van der Waals surface area contributed by atoms with E-state index in [9.17, 15) is 14.4 Å². The monoisotopic (exact) mass is 155 g/mol. The van der Waals surface area contributed by atoms with Crippen molar-refractivity contribution in [1.29, 1.82) is 0 Å². The Morgan fingerprint density at radius 1 is 1.36 bits per heavy atom. The number of carbonyl (C=O) groups excluding carboxylic acids is 3. The van der Waals surface area contributed by atoms with E-state index < -0.39 is 0 Å². The van der Waals surface area contributed by atoms with Gasteiger partial charge < -0.3 is 4.79 Å². The summed E-state index contributed by atoms with van der Waals surface area (Å²) in [7, 11) is 0. The number of rotatable bonds is 2. The van der Waals surface area contributed by atoms with Crippen LogP contribution in [0.3, 0.4) is 0 Å². The fourth-order valence-electron chi connectivity index (χ4n) is 1.16. The molecule has 0 unspecified atom stereocenters. The summed E-state index contributed by atoms with van der Waals surface area (Å²) in [4.78, 5) is 31.5. The van der Waals surface area contributed by atoms with E-state index in [1.807, 2.05) is 0 Å². The van der Waals surface area contributed by atoms with Crippen LogP contribution in [0, 0.1) is 5.92 Å². The van der Waals surface area contributed by atoms with Crippen LogP contribution in [0.5, 0.6) is 0 Å². The zero-order valence-electron chi connectivity index (χ0n) is 6.00. The van der Waals surface area contributed by atoms with Crippen molar-refractivity contribution in [1.82, 2.24) is 5.32 Å². The highest BCUT2D eigenvalue weighted by molar-refractivity contribution is 5.97. The molecule has 0 bridgehead atoms. The third-order valence-corrected chi connectivity index (χ3v) is 1.66. The summed E-state index contributed by atoms with van der Waals surface area (Å²) in [5.74, 6) is -0.616. The average Bonchev–Trinajstić information content (AvgIpc) is 1.85. The molecule has 0 aliphatic carbocycles. The number of amides is 2. The minimum Gasteiger partial charge on any atom is -0.303 e. The van der Waals surface area contributed by atoms with E-state index in [-0.39, 0.29) is 17.7 Å². The SMILES string of the molecule is O=CCC1CC(=O)NC(=O)C1. The maximum absolute atomic E-state index is 10.7. The molecular weight excluding hydrogens is 146 g/mol. The number of piperidine rings is 1. The second kappa shape index (κ2) is 3.27. The van der Waals surface area contributed by atoms with Crippen molar-refractivity contribution in [2.75, 3.05) is 0 Å². The smallest absolute Gasteiger partial charge is 0.226 e. The molecule has 0 saturated carbocycles. The molecule has 0 aromatic rings. The van der Waals surface area contributed by atoms with E-state index in [1.165, 1.54) is 0 Å². The Bertz CT molecular complexity index is 184. The maximum atomic E-state index is 10.7. The molecule has 1 heterocycles. The van der Waals surface area contributed by atoms with Crippen molar-refractivity contribution < 1.29 is 14.4 Å². The van der Waals surface area contributed by atoms with Gasteiger partial charge in [0.2, 0.25) is 11.8 Å². The molecule has 1 saturated heterocycles. The van der Waals surface area contributed by atoms with E-state index in [0.717, 1.165) is 6.29 Å². The molecule has 1 aliphatic rings. The van der Waals surface area contributed by atoms with Gasteiger partial charge in [-0.1, -0.05) is 0 Å². The zero-order chi connectivity index (χ0) is 8.27. The predicted molar refractivity (Wildman–Crippen MR) is 36.6 cm³/mol. The van der Waals surface area contributed by atoms with E-state index >= 15 is 0 Å². The highest BCUT2D eigenvalue weighted by atomic mass is 16.2. The molecule has 1 N–H and O–H groups in total.